The Hall–Kier alpha value is -0.585. The average molecular weight is 354 g/mol. The Kier molecular flexibility index (Phi) is 6.37. The second-order valence-corrected chi connectivity index (χ2v) is 8.16. The average Bonchev–Trinajstić information content (AvgIpc) is 2.97. The predicted octanol–water partition coefficient (Wildman–Crippen LogP) is 2.63. The SMILES string of the molecule is CC(C)(O)C(C)(C)OB(O)c1ccc(CNC2CCCC2)c(Cl)c1. The van der Waals surface area contributed by atoms with Crippen LogP contribution in [0.3, 0.4) is 0 Å². The lowest BCUT2D eigenvalue weighted by atomic mass is 9.76. The Balaban J connectivity index is 2.00. The van der Waals surface area contributed by atoms with Crippen molar-refractivity contribution in [2.45, 2.75) is 77.2 Å². The standard InChI is InChI=1S/C18H29BClNO3/c1-17(2,22)18(3,4)24-19(23)14-10-9-13(16(20)11-14)12-21-15-7-5-6-8-15/h9-11,15,21-23H,5-8,12H2,1-4H3. The van der Waals surface area contributed by atoms with E-state index in [0.717, 1.165) is 12.1 Å². The zero-order valence-corrected chi connectivity index (χ0v) is 15.9. The second kappa shape index (κ2) is 7.75. The highest BCUT2D eigenvalue weighted by molar-refractivity contribution is 6.60. The van der Waals surface area contributed by atoms with E-state index in [9.17, 15) is 10.1 Å². The third-order valence-electron chi connectivity index (χ3n) is 5.18. The molecule has 0 heterocycles. The molecule has 0 amide bonds. The lowest BCUT2D eigenvalue weighted by Gasteiger charge is -2.38. The first-order valence-corrected chi connectivity index (χ1v) is 9.08. The first kappa shape index (κ1) is 19.7. The van der Waals surface area contributed by atoms with Gasteiger partial charge in [0, 0.05) is 17.6 Å². The number of halogens is 1. The van der Waals surface area contributed by atoms with Crippen LogP contribution < -0.4 is 10.8 Å². The third kappa shape index (κ3) is 4.96. The minimum atomic E-state index is -1.14. The van der Waals surface area contributed by atoms with Gasteiger partial charge in [0.2, 0.25) is 0 Å². The summed E-state index contributed by atoms with van der Waals surface area (Å²) >= 11 is 6.36. The zero-order chi connectivity index (χ0) is 18.0. The first-order chi connectivity index (χ1) is 11.1. The van der Waals surface area contributed by atoms with Gasteiger partial charge in [0.1, 0.15) is 0 Å². The number of hydrogen-bond acceptors (Lipinski definition) is 4. The fourth-order valence-corrected chi connectivity index (χ4v) is 2.99. The zero-order valence-electron chi connectivity index (χ0n) is 15.1. The molecule has 0 spiro atoms. The maximum Gasteiger partial charge on any atom is 0.491 e. The number of aliphatic hydroxyl groups is 1. The monoisotopic (exact) mass is 353 g/mol. The highest BCUT2D eigenvalue weighted by atomic mass is 35.5. The van der Waals surface area contributed by atoms with Crippen molar-refractivity contribution < 1.29 is 14.8 Å². The molecule has 6 heteroatoms. The van der Waals surface area contributed by atoms with Gasteiger partial charge < -0.3 is 20.1 Å². The summed E-state index contributed by atoms with van der Waals surface area (Å²) in [6.45, 7) is 7.54. The molecule has 1 saturated carbocycles. The molecule has 1 fully saturated rings. The fourth-order valence-electron chi connectivity index (χ4n) is 2.74. The minimum Gasteiger partial charge on any atom is -0.423 e. The topological polar surface area (TPSA) is 61.7 Å². The smallest absolute Gasteiger partial charge is 0.423 e. The van der Waals surface area contributed by atoms with Gasteiger partial charge in [-0.2, -0.15) is 0 Å². The predicted molar refractivity (Wildman–Crippen MR) is 99.6 cm³/mol. The van der Waals surface area contributed by atoms with Crippen LogP contribution in [0, 0.1) is 0 Å². The van der Waals surface area contributed by atoms with Gasteiger partial charge in [0.05, 0.1) is 11.2 Å². The summed E-state index contributed by atoms with van der Waals surface area (Å²) in [5.41, 5.74) is -0.381. The molecule has 0 saturated heterocycles. The number of rotatable bonds is 7. The van der Waals surface area contributed by atoms with E-state index in [2.05, 4.69) is 5.32 Å². The van der Waals surface area contributed by atoms with Gasteiger partial charge in [-0.3, -0.25) is 0 Å². The van der Waals surface area contributed by atoms with Crippen molar-refractivity contribution in [3.63, 3.8) is 0 Å². The highest BCUT2D eigenvalue weighted by Gasteiger charge is 2.39. The van der Waals surface area contributed by atoms with Crippen LogP contribution >= 0.6 is 11.6 Å². The molecule has 1 aliphatic rings. The summed E-state index contributed by atoms with van der Waals surface area (Å²) in [6, 6.07) is 6.06. The largest absolute Gasteiger partial charge is 0.491 e. The van der Waals surface area contributed by atoms with Crippen molar-refractivity contribution in [2.75, 3.05) is 0 Å². The normalized spacial score (nSPS) is 16.6. The third-order valence-corrected chi connectivity index (χ3v) is 5.53. The van der Waals surface area contributed by atoms with Crippen LogP contribution in [0.2, 0.25) is 5.02 Å². The van der Waals surface area contributed by atoms with Gasteiger partial charge in [-0.25, -0.2) is 0 Å². The summed E-state index contributed by atoms with van der Waals surface area (Å²) in [7, 11) is -1.14. The molecule has 1 aromatic rings. The molecule has 2 rings (SSSR count). The van der Waals surface area contributed by atoms with Crippen molar-refractivity contribution in [1.82, 2.24) is 5.32 Å². The first-order valence-electron chi connectivity index (χ1n) is 8.70. The Morgan fingerprint density at radius 3 is 2.42 bits per heavy atom. The van der Waals surface area contributed by atoms with E-state index in [-0.39, 0.29) is 0 Å². The molecule has 3 N–H and O–H groups in total. The van der Waals surface area contributed by atoms with Crippen LogP contribution in [0.25, 0.3) is 0 Å². The van der Waals surface area contributed by atoms with E-state index in [1.807, 2.05) is 12.1 Å². The summed E-state index contributed by atoms with van der Waals surface area (Å²) in [6.07, 6.45) is 5.05. The molecule has 1 aliphatic carbocycles. The number of hydrogen-bond donors (Lipinski definition) is 3. The molecular weight excluding hydrogens is 324 g/mol. The quantitative estimate of drug-likeness (QED) is 0.660. The van der Waals surface area contributed by atoms with Crippen LogP contribution in [-0.4, -0.2) is 34.5 Å². The van der Waals surface area contributed by atoms with Crippen molar-refractivity contribution in [2.24, 2.45) is 0 Å². The molecule has 0 radical (unpaired) electrons. The second-order valence-electron chi connectivity index (χ2n) is 7.75. The van der Waals surface area contributed by atoms with Gasteiger partial charge in [0.25, 0.3) is 0 Å². The molecule has 0 unspecified atom stereocenters. The van der Waals surface area contributed by atoms with Crippen molar-refractivity contribution in [3.05, 3.63) is 28.8 Å². The maximum absolute atomic E-state index is 10.3. The Bertz CT molecular complexity index is 554. The summed E-state index contributed by atoms with van der Waals surface area (Å²) < 4.78 is 5.66. The molecule has 0 aromatic heterocycles. The van der Waals surface area contributed by atoms with Crippen LogP contribution in [0.5, 0.6) is 0 Å². The molecule has 0 atom stereocenters. The van der Waals surface area contributed by atoms with Crippen LogP contribution in [0.15, 0.2) is 18.2 Å². The van der Waals surface area contributed by atoms with E-state index in [4.69, 9.17) is 16.3 Å². The minimum absolute atomic E-state index is 0.585. The van der Waals surface area contributed by atoms with Crippen molar-refractivity contribution in [3.8, 4) is 0 Å². The van der Waals surface area contributed by atoms with E-state index in [1.54, 1.807) is 33.8 Å². The lowest BCUT2D eigenvalue weighted by Crippen LogP contribution is -2.53. The van der Waals surface area contributed by atoms with E-state index in [0.29, 0.717) is 16.5 Å². The van der Waals surface area contributed by atoms with Crippen LogP contribution in [0.1, 0.15) is 58.9 Å². The van der Waals surface area contributed by atoms with Gasteiger partial charge in [-0.05, 0) is 57.6 Å². The molecule has 4 nitrogen and oxygen atoms in total. The fraction of sp³-hybridized carbons (Fsp3) is 0.667. The highest BCUT2D eigenvalue weighted by Crippen LogP contribution is 2.26. The maximum atomic E-state index is 10.3. The Morgan fingerprint density at radius 1 is 1.25 bits per heavy atom. The van der Waals surface area contributed by atoms with Gasteiger partial charge in [-0.1, -0.05) is 36.6 Å². The van der Waals surface area contributed by atoms with Crippen molar-refractivity contribution in [1.29, 1.82) is 0 Å². The lowest BCUT2D eigenvalue weighted by molar-refractivity contribution is -0.0982. The molecule has 0 aliphatic heterocycles. The summed E-state index contributed by atoms with van der Waals surface area (Å²) in [4.78, 5) is 0. The van der Waals surface area contributed by atoms with Gasteiger partial charge >= 0.3 is 7.12 Å². The van der Waals surface area contributed by atoms with E-state index >= 15 is 0 Å². The van der Waals surface area contributed by atoms with Gasteiger partial charge in [0.15, 0.2) is 0 Å². The summed E-state index contributed by atoms with van der Waals surface area (Å²) in [5, 5.41) is 24.6. The number of benzene rings is 1. The Morgan fingerprint density at radius 2 is 1.88 bits per heavy atom. The van der Waals surface area contributed by atoms with Crippen LogP contribution in [-0.2, 0) is 11.2 Å². The van der Waals surface area contributed by atoms with E-state index in [1.165, 1.54) is 25.7 Å². The van der Waals surface area contributed by atoms with Gasteiger partial charge in [-0.15, -0.1) is 0 Å². The molecule has 134 valence electrons. The van der Waals surface area contributed by atoms with Crippen LogP contribution in [0.4, 0.5) is 0 Å². The summed E-state index contributed by atoms with van der Waals surface area (Å²) in [5.74, 6) is 0. The molecule has 0 bridgehead atoms. The van der Waals surface area contributed by atoms with E-state index < -0.39 is 18.3 Å². The molecule has 1 aromatic carbocycles. The molecule has 24 heavy (non-hydrogen) atoms. The molecular formula is C18H29BClNO3. The number of nitrogens with one attached hydrogen (secondary N) is 1. The Labute approximate surface area is 150 Å². The van der Waals surface area contributed by atoms with Crippen molar-refractivity contribution >= 4 is 24.2 Å².